The van der Waals surface area contributed by atoms with Crippen molar-refractivity contribution in [1.82, 2.24) is 0 Å². The van der Waals surface area contributed by atoms with Crippen LogP contribution in [-0.4, -0.2) is 0 Å². The lowest BCUT2D eigenvalue weighted by Crippen LogP contribution is -2.35. The molecule has 0 bridgehead atoms. The first-order valence-electron chi connectivity index (χ1n) is 7.31. The Morgan fingerprint density at radius 2 is 1.26 bits per heavy atom. The van der Waals surface area contributed by atoms with Crippen molar-refractivity contribution in [3.05, 3.63) is 102 Å². The number of hydrogen-bond donors (Lipinski definition) is 1. The Bertz CT molecular complexity index is 808. The van der Waals surface area contributed by atoms with E-state index in [-0.39, 0.29) is 5.82 Å². The molecule has 0 aromatic heterocycles. The minimum absolute atomic E-state index is 0.326. The molecule has 0 saturated carbocycles. The van der Waals surface area contributed by atoms with Gasteiger partial charge in [-0.25, -0.2) is 4.39 Å². The first-order chi connectivity index (χ1) is 11.2. The third-order valence-electron chi connectivity index (χ3n) is 3.76. The van der Waals surface area contributed by atoms with Crippen molar-refractivity contribution < 1.29 is 4.39 Å². The zero-order valence-corrected chi connectivity index (χ0v) is 12.4. The van der Waals surface area contributed by atoms with Gasteiger partial charge in [-0.1, -0.05) is 60.7 Å². The van der Waals surface area contributed by atoms with Gasteiger partial charge < -0.3 is 5.32 Å². The van der Waals surface area contributed by atoms with Crippen molar-refractivity contribution in [2.75, 3.05) is 5.32 Å². The van der Waals surface area contributed by atoms with Crippen LogP contribution < -0.4 is 5.32 Å². The van der Waals surface area contributed by atoms with Crippen LogP contribution in [0.4, 0.5) is 10.1 Å². The Hall–Kier alpha value is -3.12. The molecule has 3 heteroatoms. The molecule has 1 atom stereocenters. The molecule has 0 radical (unpaired) electrons. The van der Waals surface area contributed by atoms with Crippen molar-refractivity contribution in [2.45, 2.75) is 5.54 Å². The first kappa shape index (κ1) is 14.8. The molecule has 0 amide bonds. The van der Waals surface area contributed by atoms with Crippen LogP contribution in [0, 0.1) is 17.1 Å². The second-order valence-electron chi connectivity index (χ2n) is 5.23. The predicted octanol–water partition coefficient (Wildman–Crippen LogP) is 4.70. The molecule has 0 fully saturated rings. The normalized spacial score (nSPS) is 12.9. The third kappa shape index (κ3) is 2.93. The van der Waals surface area contributed by atoms with E-state index in [1.807, 2.05) is 60.7 Å². The van der Waals surface area contributed by atoms with Gasteiger partial charge in [-0.15, -0.1) is 0 Å². The molecule has 1 unspecified atom stereocenters. The van der Waals surface area contributed by atoms with Crippen LogP contribution in [0.2, 0.25) is 0 Å². The topological polar surface area (TPSA) is 35.8 Å². The maximum atomic E-state index is 13.3. The number of halogens is 1. The zero-order valence-electron chi connectivity index (χ0n) is 12.4. The maximum Gasteiger partial charge on any atom is 0.176 e. The van der Waals surface area contributed by atoms with Crippen LogP contribution in [0.1, 0.15) is 11.1 Å². The Morgan fingerprint density at radius 3 is 1.83 bits per heavy atom. The Balaban J connectivity index is 2.16. The highest BCUT2D eigenvalue weighted by Crippen LogP contribution is 2.33. The summed E-state index contributed by atoms with van der Waals surface area (Å²) >= 11 is 0. The Morgan fingerprint density at radius 1 is 0.739 bits per heavy atom. The molecule has 23 heavy (non-hydrogen) atoms. The van der Waals surface area contributed by atoms with Gasteiger partial charge in [0.05, 0.1) is 0 Å². The lowest BCUT2D eigenvalue weighted by atomic mass is 9.83. The number of para-hydroxylation sites is 1. The molecule has 2 nitrogen and oxygen atoms in total. The van der Waals surface area contributed by atoms with Crippen molar-refractivity contribution in [3.63, 3.8) is 0 Å². The summed E-state index contributed by atoms with van der Waals surface area (Å²) in [6.07, 6.45) is 0. The Labute approximate surface area is 134 Å². The fourth-order valence-corrected chi connectivity index (χ4v) is 2.59. The molecule has 3 aromatic carbocycles. The van der Waals surface area contributed by atoms with Gasteiger partial charge >= 0.3 is 0 Å². The summed E-state index contributed by atoms with van der Waals surface area (Å²) in [5, 5.41) is 13.3. The fraction of sp³-hybridized carbons (Fsp3) is 0.0500. The highest BCUT2D eigenvalue weighted by atomic mass is 19.1. The van der Waals surface area contributed by atoms with E-state index in [2.05, 4.69) is 11.4 Å². The van der Waals surface area contributed by atoms with E-state index in [1.54, 1.807) is 12.1 Å². The van der Waals surface area contributed by atoms with Gasteiger partial charge in [0.1, 0.15) is 11.9 Å². The van der Waals surface area contributed by atoms with Gasteiger partial charge in [0.15, 0.2) is 5.54 Å². The lowest BCUT2D eigenvalue weighted by Gasteiger charge is -2.30. The SMILES string of the molecule is N#CC(Nc1ccccc1)(c1ccccc1)c1ccc(F)cc1. The molecule has 0 spiro atoms. The summed E-state index contributed by atoms with van der Waals surface area (Å²) in [7, 11) is 0. The van der Waals surface area contributed by atoms with Gasteiger partial charge in [-0.3, -0.25) is 0 Å². The molecule has 0 aliphatic heterocycles. The largest absolute Gasteiger partial charge is 0.360 e. The second kappa shape index (κ2) is 6.33. The molecule has 1 N–H and O–H groups in total. The minimum Gasteiger partial charge on any atom is -0.360 e. The first-order valence-corrected chi connectivity index (χ1v) is 7.31. The Kier molecular flexibility index (Phi) is 4.07. The number of hydrogen-bond acceptors (Lipinski definition) is 2. The average molecular weight is 302 g/mol. The lowest BCUT2D eigenvalue weighted by molar-refractivity contribution is 0.625. The highest BCUT2D eigenvalue weighted by molar-refractivity contribution is 5.57. The van der Waals surface area contributed by atoms with E-state index in [9.17, 15) is 9.65 Å². The van der Waals surface area contributed by atoms with E-state index in [1.165, 1.54) is 12.1 Å². The predicted molar refractivity (Wildman–Crippen MR) is 89.3 cm³/mol. The van der Waals surface area contributed by atoms with E-state index >= 15 is 0 Å². The van der Waals surface area contributed by atoms with Crippen LogP contribution in [0.25, 0.3) is 0 Å². The van der Waals surface area contributed by atoms with Crippen molar-refractivity contribution >= 4 is 5.69 Å². The maximum absolute atomic E-state index is 13.3. The van der Waals surface area contributed by atoms with Crippen LogP contribution in [0.15, 0.2) is 84.9 Å². The van der Waals surface area contributed by atoms with Crippen LogP contribution in [-0.2, 0) is 5.54 Å². The smallest absolute Gasteiger partial charge is 0.176 e. The monoisotopic (exact) mass is 302 g/mol. The molecule has 3 aromatic rings. The van der Waals surface area contributed by atoms with Crippen LogP contribution >= 0.6 is 0 Å². The van der Waals surface area contributed by atoms with Gasteiger partial charge in [-0.05, 0) is 35.4 Å². The van der Waals surface area contributed by atoms with Gasteiger partial charge in [0.25, 0.3) is 0 Å². The molecule has 0 aliphatic rings. The molecular formula is C20H15FN2. The van der Waals surface area contributed by atoms with Gasteiger partial charge in [-0.2, -0.15) is 5.26 Å². The van der Waals surface area contributed by atoms with E-state index in [4.69, 9.17) is 0 Å². The number of rotatable bonds is 4. The summed E-state index contributed by atoms with van der Waals surface area (Å²) in [5.41, 5.74) is 1.23. The standard InChI is InChI=1S/C20H15FN2/c21-18-13-11-17(12-14-18)20(15-22,16-7-3-1-4-8-16)23-19-9-5-2-6-10-19/h1-14,23H. The third-order valence-corrected chi connectivity index (χ3v) is 3.76. The molecule has 112 valence electrons. The van der Waals surface area contributed by atoms with E-state index in [0.717, 1.165) is 11.3 Å². The summed E-state index contributed by atoms with van der Waals surface area (Å²) < 4.78 is 13.3. The number of benzene rings is 3. The summed E-state index contributed by atoms with van der Waals surface area (Å²) in [6.45, 7) is 0. The van der Waals surface area contributed by atoms with E-state index < -0.39 is 5.54 Å². The number of nitriles is 1. The zero-order chi connectivity index (χ0) is 16.1. The molecule has 0 saturated heterocycles. The minimum atomic E-state index is -1.09. The number of nitrogens with one attached hydrogen (secondary N) is 1. The van der Waals surface area contributed by atoms with Crippen LogP contribution in [0.3, 0.4) is 0 Å². The quantitative estimate of drug-likeness (QED) is 0.758. The van der Waals surface area contributed by atoms with Crippen molar-refractivity contribution in [3.8, 4) is 6.07 Å². The summed E-state index contributed by atoms with van der Waals surface area (Å²) in [4.78, 5) is 0. The van der Waals surface area contributed by atoms with E-state index in [0.29, 0.717) is 5.56 Å². The van der Waals surface area contributed by atoms with Gasteiger partial charge in [0.2, 0.25) is 0 Å². The van der Waals surface area contributed by atoms with Crippen molar-refractivity contribution in [1.29, 1.82) is 5.26 Å². The number of anilines is 1. The fourth-order valence-electron chi connectivity index (χ4n) is 2.59. The average Bonchev–Trinajstić information content (AvgIpc) is 2.62. The summed E-state index contributed by atoms with van der Waals surface area (Å²) in [6, 6.07) is 27.4. The second-order valence-corrected chi connectivity index (χ2v) is 5.23. The molecular weight excluding hydrogens is 287 g/mol. The molecule has 0 heterocycles. The number of nitrogens with zero attached hydrogens (tertiary/aromatic N) is 1. The molecule has 0 aliphatic carbocycles. The molecule has 3 rings (SSSR count). The highest BCUT2D eigenvalue weighted by Gasteiger charge is 2.34. The van der Waals surface area contributed by atoms with Crippen LogP contribution in [0.5, 0.6) is 0 Å². The summed E-state index contributed by atoms with van der Waals surface area (Å²) in [5.74, 6) is -0.326. The van der Waals surface area contributed by atoms with Gasteiger partial charge in [0, 0.05) is 5.69 Å². The van der Waals surface area contributed by atoms with Crippen molar-refractivity contribution in [2.24, 2.45) is 0 Å².